The van der Waals surface area contributed by atoms with Crippen molar-refractivity contribution in [3.8, 4) is 11.5 Å². The van der Waals surface area contributed by atoms with Gasteiger partial charge in [0, 0.05) is 0 Å². The van der Waals surface area contributed by atoms with Crippen LogP contribution in [-0.2, 0) is 10.2 Å². The first-order valence-corrected chi connectivity index (χ1v) is 9.42. The minimum atomic E-state index is -0.561. The van der Waals surface area contributed by atoms with Crippen LogP contribution in [-0.4, -0.2) is 25.2 Å². The number of rotatable bonds is 7. The fourth-order valence-electron chi connectivity index (χ4n) is 2.74. The molecule has 0 spiro atoms. The topological polar surface area (TPSA) is 47.6 Å². The van der Waals surface area contributed by atoms with Gasteiger partial charge in [0.1, 0.15) is 18.1 Å². The number of hydrogen-bond acceptors (Lipinski definition) is 3. The fourth-order valence-corrected chi connectivity index (χ4v) is 2.74. The fraction of sp³-hybridized carbons (Fsp3) is 0.435. The summed E-state index contributed by atoms with van der Waals surface area (Å²) in [5, 5.41) is 2.87. The Balaban J connectivity index is 1.81. The van der Waals surface area contributed by atoms with Gasteiger partial charge < -0.3 is 14.8 Å². The molecule has 1 amide bonds. The Morgan fingerprint density at radius 2 is 1.78 bits per heavy atom. The third kappa shape index (κ3) is 6.02. The number of nitrogens with one attached hydrogen (secondary N) is 1. The number of carbonyl (C=O) groups excluding carboxylic acids is 1. The summed E-state index contributed by atoms with van der Waals surface area (Å²) in [6.45, 7) is 13.1. The predicted octanol–water partition coefficient (Wildman–Crippen LogP) is 4.56. The Morgan fingerprint density at radius 1 is 1.07 bits per heavy atom. The maximum Gasteiger partial charge on any atom is 0.260 e. The number of benzene rings is 2. The third-order valence-corrected chi connectivity index (χ3v) is 4.51. The zero-order valence-corrected chi connectivity index (χ0v) is 17.3. The van der Waals surface area contributed by atoms with Gasteiger partial charge in [0.15, 0.2) is 6.10 Å². The van der Waals surface area contributed by atoms with Crippen molar-refractivity contribution in [1.29, 1.82) is 0 Å². The van der Waals surface area contributed by atoms with Gasteiger partial charge in [-0.05, 0) is 61.1 Å². The van der Waals surface area contributed by atoms with Crippen LogP contribution < -0.4 is 14.8 Å². The minimum Gasteiger partial charge on any atom is -0.491 e. The monoisotopic (exact) mass is 369 g/mol. The van der Waals surface area contributed by atoms with Crippen molar-refractivity contribution in [3.05, 3.63) is 59.2 Å². The number of carbonyl (C=O) groups is 1. The van der Waals surface area contributed by atoms with Gasteiger partial charge in [-0.15, -0.1) is 0 Å². The summed E-state index contributed by atoms with van der Waals surface area (Å²) in [4.78, 5) is 12.2. The summed E-state index contributed by atoms with van der Waals surface area (Å²) in [5.41, 5.74) is 3.51. The van der Waals surface area contributed by atoms with E-state index in [9.17, 15) is 4.79 Å². The van der Waals surface area contributed by atoms with Gasteiger partial charge in [-0.3, -0.25) is 4.79 Å². The molecule has 2 aromatic carbocycles. The Hall–Kier alpha value is -2.49. The largest absolute Gasteiger partial charge is 0.491 e. The molecule has 0 fully saturated rings. The predicted molar refractivity (Wildman–Crippen MR) is 110 cm³/mol. The van der Waals surface area contributed by atoms with E-state index in [2.05, 4.69) is 32.2 Å². The molecule has 0 bridgehead atoms. The minimum absolute atomic E-state index is 0.00830. The molecule has 4 heteroatoms. The Labute approximate surface area is 162 Å². The van der Waals surface area contributed by atoms with Gasteiger partial charge >= 0.3 is 0 Å². The molecule has 27 heavy (non-hydrogen) atoms. The van der Waals surface area contributed by atoms with Crippen LogP contribution in [0.3, 0.4) is 0 Å². The van der Waals surface area contributed by atoms with Crippen molar-refractivity contribution in [1.82, 2.24) is 5.32 Å². The van der Waals surface area contributed by atoms with E-state index in [1.54, 1.807) is 6.92 Å². The van der Waals surface area contributed by atoms with Crippen LogP contribution in [0.4, 0.5) is 0 Å². The molecule has 146 valence electrons. The van der Waals surface area contributed by atoms with Crippen LogP contribution in [0.5, 0.6) is 11.5 Å². The summed E-state index contributed by atoms with van der Waals surface area (Å²) in [7, 11) is 0. The molecule has 1 atom stereocenters. The normalized spacial score (nSPS) is 12.4. The molecule has 0 radical (unpaired) electrons. The molecule has 2 aromatic rings. The molecular weight excluding hydrogens is 338 g/mol. The van der Waals surface area contributed by atoms with Crippen LogP contribution >= 0.6 is 0 Å². The highest BCUT2D eigenvalue weighted by molar-refractivity contribution is 5.80. The second kappa shape index (κ2) is 8.94. The van der Waals surface area contributed by atoms with E-state index in [1.165, 1.54) is 5.56 Å². The number of hydrogen-bond donors (Lipinski definition) is 1. The lowest BCUT2D eigenvalue weighted by Crippen LogP contribution is -2.38. The third-order valence-electron chi connectivity index (χ3n) is 4.51. The molecule has 0 aliphatic rings. The lowest BCUT2D eigenvalue weighted by molar-refractivity contribution is -0.127. The molecule has 0 saturated carbocycles. The first-order valence-electron chi connectivity index (χ1n) is 9.42. The van der Waals surface area contributed by atoms with Crippen LogP contribution in [0, 0.1) is 13.8 Å². The zero-order chi connectivity index (χ0) is 20.0. The van der Waals surface area contributed by atoms with Gasteiger partial charge in [0.25, 0.3) is 5.91 Å². The van der Waals surface area contributed by atoms with E-state index in [1.807, 2.05) is 50.2 Å². The standard InChI is InChI=1S/C23H31NO3/c1-16-11-12-19(15-17(16)2)27-18(3)22(25)24-13-14-26-21-10-8-7-9-20(21)23(4,5)6/h7-12,15,18H,13-14H2,1-6H3,(H,24,25)/t18-/m0/s1. The maximum atomic E-state index is 12.2. The summed E-state index contributed by atoms with van der Waals surface area (Å²) in [6.07, 6.45) is -0.561. The van der Waals surface area contributed by atoms with Crippen LogP contribution in [0.15, 0.2) is 42.5 Å². The highest BCUT2D eigenvalue weighted by atomic mass is 16.5. The molecule has 4 nitrogen and oxygen atoms in total. The average molecular weight is 370 g/mol. The second-order valence-electron chi connectivity index (χ2n) is 7.89. The van der Waals surface area contributed by atoms with Crippen molar-refractivity contribution in [2.75, 3.05) is 13.2 Å². The lowest BCUT2D eigenvalue weighted by Gasteiger charge is -2.22. The summed E-state index contributed by atoms with van der Waals surface area (Å²) in [6, 6.07) is 13.9. The van der Waals surface area contributed by atoms with Gasteiger partial charge in [-0.2, -0.15) is 0 Å². The first kappa shape index (κ1) is 20.8. The van der Waals surface area contributed by atoms with E-state index in [0.717, 1.165) is 16.9 Å². The van der Waals surface area contributed by atoms with Gasteiger partial charge in [0.2, 0.25) is 0 Å². The molecule has 1 N–H and O–H groups in total. The van der Waals surface area contributed by atoms with E-state index < -0.39 is 6.10 Å². The van der Waals surface area contributed by atoms with Crippen LogP contribution in [0.1, 0.15) is 44.4 Å². The summed E-state index contributed by atoms with van der Waals surface area (Å²) in [5.74, 6) is 1.41. The number of aryl methyl sites for hydroxylation is 2. The van der Waals surface area contributed by atoms with E-state index >= 15 is 0 Å². The molecule has 0 aromatic heterocycles. The second-order valence-corrected chi connectivity index (χ2v) is 7.89. The average Bonchev–Trinajstić information content (AvgIpc) is 2.61. The SMILES string of the molecule is Cc1ccc(O[C@@H](C)C(=O)NCCOc2ccccc2C(C)(C)C)cc1C. The molecule has 0 heterocycles. The van der Waals surface area contributed by atoms with Crippen molar-refractivity contribution >= 4 is 5.91 Å². The summed E-state index contributed by atoms with van der Waals surface area (Å²) >= 11 is 0. The van der Waals surface area contributed by atoms with Crippen LogP contribution in [0.25, 0.3) is 0 Å². The van der Waals surface area contributed by atoms with Crippen molar-refractivity contribution in [2.24, 2.45) is 0 Å². The molecular formula is C23H31NO3. The number of ether oxygens (including phenoxy) is 2. The smallest absolute Gasteiger partial charge is 0.260 e. The highest BCUT2D eigenvalue weighted by Crippen LogP contribution is 2.30. The van der Waals surface area contributed by atoms with E-state index in [0.29, 0.717) is 18.9 Å². The van der Waals surface area contributed by atoms with Gasteiger partial charge in [-0.25, -0.2) is 0 Å². The quantitative estimate of drug-likeness (QED) is 0.728. The number of amides is 1. The molecule has 0 aliphatic heterocycles. The molecule has 0 unspecified atom stereocenters. The van der Waals surface area contributed by atoms with E-state index in [4.69, 9.17) is 9.47 Å². The zero-order valence-electron chi connectivity index (χ0n) is 17.3. The molecule has 0 aliphatic carbocycles. The van der Waals surface area contributed by atoms with Crippen LogP contribution in [0.2, 0.25) is 0 Å². The number of para-hydroxylation sites is 1. The van der Waals surface area contributed by atoms with Crippen molar-refractivity contribution < 1.29 is 14.3 Å². The Morgan fingerprint density at radius 3 is 2.44 bits per heavy atom. The first-order chi connectivity index (χ1) is 12.7. The van der Waals surface area contributed by atoms with Crippen molar-refractivity contribution in [3.63, 3.8) is 0 Å². The van der Waals surface area contributed by atoms with Gasteiger partial charge in [-0.1, -0.05) is 45.0 Å². The summed E-state index contributed by atoms with van der Waals surface area (Å²) < 4.78 is 11.6. The van der Waals surface area contributed by atoms with Crippen molar-refractivity contribution in [2.45, 2.75) is 53.1 Å². The Kier molecular flexibility index (Phi) is 6.89. The Bertz CT molecular complexity index is 777. The highest BCUT2D eigenvalue weighted by Gasteiger charge is 2.18. The lowest BCUT2D eigenvalue weighted by atomic mass is 9.86. The molecule has 0 saturated heterocycles. The molecule has 2 rings (SSSR count). The maximum absolute atomic E-state index is 12.2. The van der Waals surface area contributed by atoms with Gasteiger partial charge in [0.05, 0.1) is 6.54 Å². The van der Waals surface area contributed by atoms with E-state index in [-0.39, 0.29) is 11.3 Å².